The van der Waals surface area contributed by atoms with Gasteiger partial charge < -0.3 is 15.0 Å². The van der Waals surface area contributed by atoms with E-state index in [-0.39, 0.29) is 12.1 Å². The zero-order valence-electron chi connectivity index (χ0n) is 13.8. The number of fused-ring (bicyclic) bond motifs is 1. The fraction of sp³-hybridized carbons (Fsp3) is 0.421. The first-order chi connectivity index (χ1) is 11.1. The van der Waals surface area contributed by atoms with Crippen molar-refractivity contribution in [3.8, 4) is 5.75 Å². The molecule has 0 aliphatic carbocycles. The molecule has 0 spiro atoms. The Bertz CT molecular complexity index is 678. The molecule has 2 aromatic carbocycles. The van der Waals surface area contributed by atoms with E-state index in [4.69, 9.17) is 4.74 Å². The smallest absolute Gasteiger partial charge is 0.410 e. The number of ether oxygens (including phenoxy) is 1. The van der Waals surface area contributed by atoms with Crippen LogP contribution in [0.5, 0.6) is 5.75 Å². The molecule has 0 bridgehead atoms. The van der Waals surface area contributed by atoms with Crippen LogP contribution in [0.4, 0.5) is 4.79 Å². The molecule has 122 valence electrons. The maximum absolute atomic E-state index is 12.6. The highest BCUT2D eigenvalue weighted by Crippen LogP contribution is 2.22. The van der Waals surface area contributed by atoms with Crippen LogP contribution in [0.3, 0.4) is 0 Å². The summed E-state index contributed by atoms with van der Waals surface area (Å²) in [7, 11) is 0. The average molecular weight is 312 g/mol. The van der Waals surface area contributed by atoms with Gasteiger partial charge in [0.2, 0.25) is 0 Å². The van der Waals surface area contributed by atoms with Crippen LogP contribution in [0.1, 0.15) is 20.3 Å². The van der Waals surface area contributed by atoms with E-state index in [1.165, 1.54) is 0 Å². The molecule has 1 heterocycles. The quantitative estimate of drug-likeness (QED) is 0.937. The summed E-state index contributed by atoms with van der Waals surface area (Å²) < 4.78 is 5.66. The fourth-order valence-corrected chi connectivity index (χ4v) is 3.06. The summed E-state index contributed by atoms with van der Waals surface area (Å²) in [5, 5.41) is 5.54. The van der Waals surface area contributed by atoms with Crippen LogP contribution in [0.2, 0.25) is 0 Å². The largest absolute Gasteiger partial charge is 0.415 e. The molecule has 23 heavy (non-hydrogen) atoms. The molecule has 2 aromatic rings. The standard InChI is InChI=1S/C19H24N2O2/c1-14(2)13-21(17-9-10-20-12-17)19(22)23-18-8-7-15-5-3-4-6-16(15)11-18/h3-8,11,14,17,20H,9-10,12-13H2,1-2H3. The molecule has 0 radical (unpaired) electrons. The second-order valence-corrected chi connectivity index (χ2v) is 6.57. The first-order valence-corrected chi connectivity index (χ1v) is 8.31. The summed E-state index contributed by atoms with van der Waals surface area (Å²) in [6.07, 6.45) is 0.738. The number of carbonyl (C=O) groups excluding carboxylic acids is 1. The minimum Gasteiger partial charge on any atom is -0.410 e. The number of carbonyl (C=O) groups is 1. The lowest BCUT2D eigenvalue weighted by molar-refractivity contribution is 0.128. The van der Waals surface area contributed by atoms with E-state index in [2.05, 4.69) is 25.2 Å². The SMILES string of the molecule is CC(C)CN(C(=O)Oc1ccc2ccccc2c1)C1CCNC1. The minimum absolute atomic E-state index is 0.227. The van der Waals surface area contributed by atoms with E-state index in [0.717, 1.165) is 36.8 Å². The average Bonchev–Trinajstić information content (AvgIpc) is 3.06. The maximum Gasteiger partial charge on any atom is 0.415 e. The molecular weight excluding hydrogens is 288 g/mol. The maximum atomic E-state index is 12.6. The number of amides is 1. The van der Waals surface area contributed by atoms with Crippen molar-refractivity contribution in [2.75, 3.05) is 19.6 Å². The Hall–Kier alpha value is -2.07. The molecule has 1 amide bonds. The van der Waals surface area contributed by atoms with E-state index in [9.17, 15) is 4.79 Å². The van der Waals surface area contributed by atoms with Gasteiger partial charge in [-0.1, -0.05) is 44.2 Å². The molecular formula is C19H24N2O2. The van der Waals surface area contributed by atoms with Crippen molar-refractivity contribution in [3.63, 3.8) is 0 Å². The lowest BCUT2D eigenvalue weighted by atomic mass is 10.1. The second-order valence-electron chi connectivity index (χ2n) is 6.57. The Morgan fingerprint density at radius 2 is 2.04 bits per heavy atom. The number of nitrogens with zero attached hydrogens (tertiary/aromatic N) is 1. The summed E-state index contributed by atoms with van der Waals surface area (Å²) >= 11 is 0. The number of benzene rings is 2. The van der Waals surface area contributed by atoms with E-state index in [0.29, 0.717) is 11.7 Å². The van der Waals surface area contributed by atoms with Crippen LogP contribution in [0.15, 0.2) is 42.5 Å². The summed E-state index contributed by atoms with van der Waals surface area (Å²) in [5.74, 6) is 1.02. The molecule has 4 heteroatoms. The van der Waals surface area contributed by atoms with Crippen molar-refractivity contribution < 1.29 is 9.53 Å². The molecule has 1 atom stereocenters. The van der Waals surface area contributed by atoms with Crippen LogP contribution in [-0.4, -0.2) is 36.7 Å². The highest BCUT2D eigenvalue weighted by atomic mass is 16.6. The van der Waals surface area contributed by atoms with Crippen LogP contribution < -0.4 is 10.1 Å². The Morgan fingerprint density at radius 3 is 2.74 bits per heavy atom. The van der Waals surface area contributed by atoms with Gasteiger partial charge in [0.15, 0.2) is 0 Å². The fourth-order valence-electron chi connectivity index (χ4n) is 3.06. The zero-order valence-corrected chi connectivity index (χ0v) is 13.8. The second kappa shape index (κ2) is 7.01. The van der Waals surface area contributed by atoms with Crippen LogP contribution >= 0.6 is 0 Å². The molecule has 1 N–H and O–H groups in total. The molecule has 0 aromatic heterocycles. The minimum atomic E-state index is -0.248. The van der Waals surface area contributed by atoms with Gasteiger partial charge in [-0.25, -0.2) is 4.79 Å². The molecule has 1 fully saturated rings. The Labute approximate surface area is 137 Å². The van der Waals surface area contributed by atoms with Crippen molar-refractivity contribution in [3.05, 3.63) is 42.5 Å². The third kappa shape index (κ3) is 3.82. The van der Waals surface area contributed by atoms with Gasteiger partial charge in [0.05, 0.1) is 0 Å². The molecule has 1 unspecified atom stereocenters. The highest BCUT2D eigenvalue weighted by Gasteiger charge is 2.28. The summed E-state index contributed by atoms with van der Waals surface area (Å²) in [5.41, 5.74) is 0. The van der Waals surface area contributed by atoms with Crippen molar-refractivity contribution in [1.82, 2.24) is 10.2 Å². The molecule has 3 rings (SSSR count). The molecule has 4 nitrogen and oxygen atoms in total. The van der Waals surface area contributed by atoms with Gasteiger partial charge in [0.25, 0.3) is 0 Å². The third-order valence-electron chi connectivity index (χ3n) is 4.20. The third-order valence-corrected chi connectivity index (χ3v) is 4.20. The summed E-state index contributed by atoms with van der Waals surface area (Å²) in [6.45, 7) is 6.78. The summed E-state index contributed by atoms with van der Waals surface area (Å²) in [4.78, 5) is 14.5. The molecule has 1 saturated heterocycles. The van der Waals surface area contributed by atoms with Crippen molar-refractivity contribution >= 4 is 16.9 Å². The number of rotatable bonds is 4. The predicted octanol–water partition coefficient (Wildman–Crippen LogP) is 3.66. The van der Waals surface area contributed by atoms with Crippen LogP contribution in [0.25, 0.3) is 10.8 Å². The Kier molecular flexibility index (Phi) is 4.82. The van der Waals surface area contributed by atoms with Gasteiger partial charge in [0.1, 0.15) is 5.75 Å². The van der Waals surface area contributed by atoms with Crippen LogP contribution in [0, 0.1) is 5.92 Å². The van der Waals surface area contributed by atoms with Gasteiger partial charge in [-0.2, -0.15) is 0 Å². The molecule has 1 aliphatic rings. The monoisotopic (exact) mass is 312 g/mol. The van der Waals surface area contributed by atoms with Crippen molar-refractivity contribution in [1.29, 1.82) is 0 Å². The van der Waals surface area contributed by atoms with Gasteiger partial charge in [0, 0.05) is 19.1 Å². The number of hydrogen-bond acceptors (Lipinski definition) is 3. The number of hydrogen-bond donors (Lipinski definition) is 1. The zero-order chi connectivity index (χ0) is 16.2. The first-order valence-electron chi connectivity index (χ1n) is 8.31. The Balaban J connectivity index is 1.76. The lowest BCUT2D eigenvalue weighted by Crippen LogP contribution is -2.45. The summed E-state index contributed by atoms with van der Waals surface area (Å²) in [6, 6.07) is 14.1. The highest BCUT2D eigenvalue weighted by molar-refractivity contribution is 5.84. The van der Waals surface area contributed by atoms with Gasteiger partial charge >= 0.3 is 6.09 Å². The van der Waals surface area contributed by atoms with Crippen molar-refractivity contribution in [2.45, 2.75) is 26.3 Å². The van der Waals surface area contributed by atoms with Crippen molar-refractivity contribution in [2.24, 2.45) is 5.92 Å². The van der Waals surface area contributed by atoms with Gasteiger partial charge in [-0.3, -0.25) is 0 Å². The molecule has 1 aliphatic heterocycles. The van der Waals surface area contributed by atoms with Crippen LogP contribution in [-0.2, 0) is 0 Å². The van der Waals surface area contributed by atoms with E-state index in [1.54, 1.807) is 0 Å². The topological polar surface area (TPSA) is 41.6 Å². The van der Waals surface area contributed by atoms with E-state index < -0.39 is 0 Å². The lowest BCUT2D eigenvalue weighted by Gasteiger charge is -2.29. The first kappa shape index (κ1) is 15.8. The van der Waals surface area contributed by atoms with Gasteiger partial charge in [-0.05, 0) is 41.8 Å². The Morgan fingerprint density at radius 1 is 1.26 bits per heavy atom. The van der Waals surface area contributed by atoms with E-state index >= 15 is 0 Å². The normalized spacial score (nSPS) is 17.6. The predicted molar refractivity (Wildman–Crippen MR) is 92.8 cm³/mol. The number of nitrogens with one attached hydrogen (secondary N) is 1. The van der Waals surface area contributed by atoms with Gasteiger partial charge in [-0.15, -0.1) is 0 Å². The molecule has 0 saturated carbocycles. The van der Waals surface area contributed by atoms with E-state index in [1.807, 2.05) is 41.3 Å².